The van der Waals surface area contributed by atoms with Crippen LogP contribution in [0.2, 0.25) is 0 Å². The summed E-state index contributed by atoms with van der Waals surface area (Å²) < 4.78 is 6.26. The molecule has 2 N–H and O–H groups in total. The van der Waals surface area contributed by atoms with Crippen molar-refractivity contribution in [3.63, 3.8) is 0 Å². The molecule has 0 spiro atoms. The van der Waals surface area contributed by atoms with Crippen molar-refractivity contribution in [2.75, 3.05) is 6.61 Å². The lowest BCUT2D eigenvalue weighted by molar-refractivity contribution is 0.1000. The van der Waals surface area contributed by atoms with Crippen LogP contribution in [0, 0.1) is 0 Å². The predicted molar refractivity (Wildman–Crippen MR) is 62.9 cm³/mol. The molecule has 0 atom stereocenters. The minimum Gasteiger partial charge on any atom is -0.449 e. The van der Waals surface area contributed by atoms with Gasteiger partial charge >= 0.3 is 6.09 Å². The zero-order valence-electron chi connectivity index (χ0n) is 9.34. The number of nitrogens with zero attached hydrogens (tertiary/aromatic N) is 1. The Morgan fingerprint density at radius 1 is 1.35 bits per heavy atom. The third kappa shape index (κ3) is 1.99. The van der Waals surface area contributed by atoms with Gasteiger partial charge in [0, 0.05) is 17.1 Å². The number of ether oxygens (including phenoxy) is 1. The summed E-state index contributed by atoms with van der Waals surface area (Å²) >= 11 is 0. The van der Waals surface area contributed by atoms with E-state index in [0.717, 1.165) is 5.39 Å². The maximum atomic E-state index is 11.6. The summed E-state index contributed by atoms with van der Waals surface area (Å²) in [5, 5.41) is 0.850. The Labute approximate surface area is 97.8 Å². The zero-order chi connectivity index (χ0) is 12.4. The van der Waals surface area contributed by atoms with Crippen LogP contribution in [0.1, 0.15) is 17.3 Å². The van der Waals surface area contributed by atoms with Crippen molar-refractivity contribution in [1.82, 2.24) is 4.57 Å². The van der Waals surface area contributed by atoms with E-state index in [1.807, 2.05) is 0 Å². The number of amides is 1. The Kier molecular flexibility index (Phi) is 2.82. The first kappa shape index (κ1) is 11.2. The second-order valence-electron chi connectivity index (χ2n) is 3.52. The highest BCUT2D eigenvalue weighted by atomic mass is 16.5. The van der Waals surface area contributed by atoms with Crippen molar-refractivity contribution in [2.45, 2.75) is 6.92 Å². The van der Waals surface area contributed by atoms with Gasteiger partial charge in [-0.1, -0.05) is 6.07 Å². The van der Waals surface area contributed by atoms with Crippen molar-refractivity contribution in [3.8, 4) is 0 Å². The Morgan fingerprint density at radius 3 is 2.76 bits per heavy atom. The van der Waals surface area contributed by atoms with Gasteiger partial charge in [0.05, 0.1) is 12.1 Å². The number of aromatic nitrogens is 1. The number of nitrogens with two attached hydrogens (primary N) is 1. The first-order chi connectivity index (χ1) is 8.13. The summed E-state index contributed by atoms with van der Waals surface area (Å²) in [5.74, 6) is -0.525. The standard InChI is InChI=1S/C12H12N2O3/c1-2-17-12(16)14-6-5-8-3-4-9(11(13)15)7-10(8)14/h3-7H,2H2,1H3,(H2,13,15). The molecule has 1 aromatic carbocycles. The normalized spacial score (nSPS) is 10.4. The van der Waals surface area contributed by atoms with E-state index in [1.165, 1.54) is 4.57 Å². The third-order valence-corrected chi connectivity index (χ3v) is 2.44. The molecular weight excluding hydrogens is 220 g/mol. The van der Waals surface area contributed by atoms with Crippen molar-refractivity contribution < 1.29 is 14.3 Å². The Bertz CT molecular complexity index is 586. The van der Waals surface area contributed by atoms with E-state index in [4.69, 9.17) is 10.5 Å². The van der Waals surface area contributed by atoms with Crippen LogP contribution in [-0.4, -0.2) is 23.2 Å². The molecule has 1 aromatic heterocycles. The molecule has 1 amide bonds. The molecule has 0 unspecified atom stereocenters. The Balaban J connectivity index is 2.54. The number of carbonyl (C=O) groups is 2. The fraction of sp³-hybridized carbons (Fsp3) is 0.167. The van der Waals surface area contributed by atoms with Gasteiger partial charge in [-0.3, -0.25) is 9.36 Å². The zero-order valence-corrected chi connectivity index (χ0v) is 9.34. The molecule has 0 saturated carbocycles. The summed E-state index contributed by atoms with van der Waals surface area (Å²) in [6.07, 6.45) is 1.14. The molecule has 5 heteroatoms. The molecule has 2 rings (SSSR count). The first-order valence-electron chi connectivity index (χ1n) is 5.21. The van der Waals surface area contributed by atoms with Gasteiger partial charge in [-0.25, -0.2) is 4.79 Å². The molecule has 0 aliphatic heterocycles. The van der Waals surface area contributed by atoms with Crippen LogP contribution in [0.15, 0.2) is 30.5 Å². The Morgan fingerprint density at radius 2 is 2.12 bits per heavy atom. The second kappa shape index (κ2) is 4.29. The highest BCUT2D eigenvalue weighted by molar-refractivity contribution is 5.98. The van der Waals surface area contributed by atoms with E-state index in [0.29, 0.717) is 17.7 Å². The number of fused-ring (bicyclic) bond motifs is 1. The van der Waals surface area contributed by atoms with Gasteiger partial charge in [0.1, 0.15) is 0 Å². The highest BCUT2D eigenvalue weighted by Crippen LogP contribution is 2.17. The summed E-state index contributed by atoms with van der Waals surface area (Å²) in [7, 11) is 0. The monoisotopic (exact) mass is 232 g/mol. The molecule has 0 aliphatic rings. The number of rotatable bonds is 2. The number of benzene rings is 1. The maximum absolute atomic E-state index is 11.6. The van der Waals surface area contributed by atoms with E-state index in [-0.39, 0.29) is 0 Å². The van der Waals surface area contributed by atoms with Crippen LogP contribution in [0.5, 0.6) is 0 Å². The quantitative estimate of drug-likeness (QED) is 0.857. The van der Waals surface area contributed by atoms with E-state index in [2.05, 4.69) is 0 Å². The minimum absolute atomic E-state index is 0.300. The largest absolute Gasteiger partial charge is 0.449 e. The van der Waals surface area contributed by atoms with Crippen LogP contribution in [0.25, 0.3) is 10.9 Å². The molecule has 0 saturated heterocycles. The predicted octanol–water partition coefficient (Wildman–Crippen LogP) is 1.74. The van der Waals surface area contributed by atoms with E-state index < -0.39 is 12.0 Å². The lowest BCUT2D eigenvalue weighted by atomic mass is 10.1. The average Bonchev–Trinajstić information content (AvgIpc) is 2.71. The fourth-order valence-corrected chi connectivity index (χ4v) is 1.63. The molecule has 0 radical (unpaired) electrons. The van der Waals surface area contributed by atoms with Crippen LogP contribution in [-0.2, 0) is 4.74 Å². The van der Waals surface area contributed by atoms with Crippen LogP contribution in [0.4, 0.5) is 4.79 Å². The van der Waals surface area contributed by atoms with E-state index >= 15 is 0 Å². The molecule has 0 fully saturated rings. The lowest BCUT2D eigenvalue weighted by Crippen LogP contribution is -2.13. The van der Waals surface area contributed by atoms with E-state index in [1.54, 1.807) is 37.4 Å². The van der Waals surface area contributed by atoms with Crippen molar-refractivity contribution >= 4 is 22.9 Å². The molecule has 2 aromatic rings. The molecule has 0 aliphatic carbocycles. The smallest absolute Gasteiger partial charge is 0.418 e. The lowest BCUT2D eigenvalue weighted by Gasteiger charge is -2.04. The minimum atomic E-state index is -0.525. The number of primary amides is 1. The van der Waals surface area contributed by atoms with Gasteiger partial charge in [-0.2, -0.15) is 0 Å². The maximum Gasteiger partial charge on any atom is 0.418 e. The Hall–Kier alpha value is -2.30. The average molecular weight is 232 g/mol. The summed E-state index contributed by atoms with van der Waals surface area (Å²) in [6, 6.07) is 6.72. The van der Waals surface area contributed by atoms with Gasteiger partial charge in [0.15, 0.2) is 0 Å². The molecule has 1 heterocycles. The van der Waals surface area contributed by atoms with Crippen LogP contribution in [0.3, 0.4) is 0 Å². The number of carbonyl (C=O) groups excluding carboxylic acids is 2. The van der Waals surface area contributed by atoms with E-state index in [9.17, 15) is 9.59 Å². The SMILES string of the molecule is CCOC(=O)n1ccc2ccc(C(N)=O)cc21. The second-order valence-corrected chi connectivity index (χ2v) is 3.52. The van der Waals surface area contributed by atoms with Crippen molar-refractivity contribution in [1.29, 1.82) is 0 Å². The fourth-order valence-electron chi connectivity index (χ4n) is 1.63. The van der Waals surface area contributed by atoms with Crippen molar-refractivity contribution in [2.24, 2.45) is 5.73 Å². The van der Waals surface area contributed by atoms with Gasteiger partial charge < -0.3 is 10.5 Å². The van der Waals surface area contributed by atoms with Crippen LogP contribution >= 0.6 is 0 Å². The summed E-state index contributed by atoms with van der Waals surface area (Å²) in [4.78, 5) is 22.7. The molecule has 5 nitrogen and oxygen atoms in total. The van der Waals surface area contributed by atoms with Gasteiger partial charge in [0.2, 0.25) is 5.91 Å². The molecule has 88 valence electrons. The summed E-state index contributed by atoms with van der Waals surface area (Å²) in [6.45, 7) is 2.03. The number of hydrogen-bond donors (Lipinski definition) is 1. The first-order valence-corrected chi connectivity index (χ1v) is 5.21. The molecule has 0 bridgehead atoms. The number of hydrogen-bond acceptors (Lipinski definition) is 3. The van der Waals surface area contributed by atoms with Crippen LogP contribution < -0.4 is 5.73 Å². The topological polar surface area (TPSA) is 74.3 Å². The summed E-state index contributed by atoms with van der Waals surface area (Å²) in [5.41, 5.74) is 6.17. The molecule has 17 heavy (non-hydrogen) atoms. The third-order valence-electron chi connectivity index (χ3n) is 2.44. The van der Waals surface area contributed by atoms with Gasteiger partial charge in [-0.15, -0.1) is 0 Å². The van der Waals surface area contributed by atoms with Gasteiger partial charge in [0.25, 0.3) is 0 Å². The van der Waals surface area contributed by atoms with Gasteiger partial charge in [-0.05, 0) is 25.1 Å². The highest BCUT2D eigenvalue weighted by Gasteiger charge is 2.11. The van der Waals surface area contributed by atoms with Crippen molar-refractivity contribution in [3.05, 3.63) is 36.0 Å². The molecular formula is C12H12N2O3.